The molecule has 154 valence electrons. The number of aromatic amines is 1. The van der Waals surface area contributed by atoms with Gasteiger partial charge in [0.2, 0.25) is 0 Å². The maximum atomic E-state index is 14.2. The summed E-state index contributed by atoms with van der Waals surface area (Å²) in [6.45, 7) is 5.92. The van der Waals surface area contributed by atoms with E-state index in [0.717, 1.165) is 27.7 Å². The van der Waals surface area contributed by atoms with Crippen LogP contribution in [0.2, 0.25) is 0 Å². The van der Waals surface area contributed by atoms with Crippen LogP contribution < -0.4 is 5.32 Å². The zero-order valence-electron chi connectivity index (χ0n) is 17.3. The number of imidazole rings is 1. The zero-order chi connectivity index (χ0) is 21.5. The molecule has 0 fully saturated rings. The lowest BCUT2D eigenvalue weighted by molar-refractivity contribution is 0.628. The summed E-state index contributed by atoms with van der Waals surface area (Å²) in [7, 11) is 0. The van der Waals surface area contributed by atoms with Crippen LogP contribution in [-0.4, -0.2) is 29.9 Å². The molecule has 3 heterocycles. The number of para-hydroxylation sites is 1. The van der Waals surface area contributed by atoms with Crippen molar-refractivity contribution in [2.75, 3.05) is 5.32 Å². The molecule has 8 heteroatoms. The third kappa shape index (κ3) is 3.35. The predicted octanol–water partition coefficient (Wildman–Crippen LogP) is 4.89. The zero-order valence-corrected chi connectivity index (χ0v) is 17.3. The maximum Gasteiger partial charge on any atom is 0.182 e. The molecule has 0 bridgehead atoms. The van der Waals surface area contributed by atoms with Gasteiger partial charge in [-0.1, -0.05) is 18.2 Å². The molecule has 0 aliphatic heterocycles. The van der Waals surface area contributed by atoms with Crippen LogP contribution in [0.25, 0.3) is 33.5 Å². The summed E-state index contributed by atoms with van der Waals surface area (Å²) in [6, 6.07) is 10.3. The predicted molar refractivity (Wildman–Crippen MR) is 118 cm³/mol. The van der Waals surface area contributed by atoms with Crippen molar-refractivity contribution in [1.82, 2.24) is 29.9 Å². The van der Waals surface area contributed by atoms with Crippen molar-refractivity contribution in [3.8, 4) is 11.3 Å². The van der Waals surface area contributed by atoms with E-state index in [-0.39, 0.29) is 11.9 Å². The van der Waals surface area contributed by atoms with E-state index in [2.05, 4.69) is 25.3 Å². The highest BCUT2D eigenvalue weighted by Crippen LogP contribution is 2.32. The Balaban J connectivity index is 1.69. The van der Waals surface area contributed by atoms with Gasteiger partial charge in [0.1, 0.15) is 17.7 Å². The molecule has 0 aliphatic rings. The van der Waals surface area contributed by atoms with Crippen LogP contribution in [-0.2, 0) is 0 Å². The van der Waals surface area contributed by atoms with Gasteiger partial charge in [-0.15, -0.1) is 0 Å². The van der Waals surface area contributed by atoms with E-state index >= 15 is 0 Å². The van der Waals surface area contributed by atoms with Gasteiger partial charge in [-0.25, -0.2) is 29.3 Å². The van der Waals surface area contributed by atoms with Gasteiger partial charge in [-0.3, -0.25) is 0 Å². The summed E-state index contributed by atoms with van der Waals surface area (Å²) >= 11 is 0. The van der Waals surface area contributed by atoms with Gasteiger partial charge in [0.05, 0.1) is 34.8 Å². The highest BCUT2D eigenvalue weighted by Gasteiger charge is 2.21. The molecule has 0 saturated carbocycles. The molecule has 1 atom stereocenters. The van der Waals surface area contributed by atoms with Gasteiger partial charge < -0.3 is 10.3 Å². The molecule has 0 spiro atoms. The van der Waals surface area contributed by atoms with Gasteiger partial charge in [-0.05, 0) is 50.1 Å². The van der Waals surface area contributed by atoms with Crippen molar-refractivity contribution in [2.45, 2.75) is 26.8 Å². The highest BCUT2D eigenvalue weighted by molar-refractivity contribution is 5.84. The first-order valence-electron chi connectivity index (χ1n) is 9.95. The van der Waals surface area contributed by atoms with Crippen molar-refractivity contribution in [3.63, 3.8) is 0 Å². The Bertz CT molecular complexity index is 1430. The molecule has 0 radical (unpaired) electrons. The second kappa shape index (κ2) is 7.39. The Kier molecular flexibility index (Phi) is 4.54. The van der Waals surface area contributed by atoms with E-state index in [9.17, 15) is 4.39 Å². The fourth-order valence-electron chi connectivity index (χ4n) is 3.73. The quantitative estimate of drug-likeness (QED) is 0.436. The molecular formula is C23H20FN7. The summed E-state index contributed by atoms with van der Waals surface area (Å²) in [4.78, 5) is 25.6. The molecule has 0 aliphatic carbocycles. The number of hydrogen-bond acceptors (Lipinski definition) is 6. The van der Waals surface area contributed by atoms with E-state index < -0.39 is 0 Å². The van der Waals surface area contributed by atoms with Crippen LogP contribution in [0.3, 0.4) is 0 Å². The maximum absolute atomic E-state index is 14.2. The topological polar surface area (TPSA) is 92.3 Å². The number of halogens is 1. The number of fused-ring (bicyclic) bond motifs is 2. The number of hydrogen-bond donors (Lipinski definition) is 2. The third-order valence-electron chi connectivity index (χ3n) is 5.36. The third-order valence-corrected chi connectivity index (χ3v) is 5.36. The van der Waals surface area contributed by atoms with Crippen LogP contribution in [0.4, 0.5) is 10.2 Å². The van der Waals surface area contributed by atoms with E-state index in [1.165, 1.54) is 18.5 Å². The SMILES string of the molecule is Cc1ccc(F)cc1-c1nc2c(C)cccc2nc1C(C)Nc1ncnc2nc[nH]c12. The molecule has 5 rings (SSSR count). The lowest BCUT2D eigenvalue weighted by Crippen LogP contribution is -2.13. The van der Waals surface area contributed by atoms with Gasteiger partial charge in [0.25, 0.3) is 0 Å². The van der Waals surface area contributed by atoms with Crippen LogP contribution in [0, 0.1) is 19.7 Å². The molecule has 0 amide bonds. The van der Waals surface area contributed by atoms with E-state index in [1.807, 2.05) is 39.0 Å². The average molecular weight is 413 g/mol. The first kappa shape index (κ1) is 19.0. The lowest BCUT2D eigenvalue weighted by atomic mass is 10.00. The molecule has 3 aromatic heterocycles. The summed E-state index contributed by atoms with van der Waals surface area (Å²) in [6.07, 6.45) is 3.04. The van der Waals surface area contributed by atoms with Crippen molar-refractivity contribution in [2.24, 2.45) is 0 Å². The van der Waals surface area contributed by atoms with E-state index in [0.29, 0.717) is 28.4 Å². The number of nitrogens with one attached hydrogen (secondary N) is 2. The number of benzene rings is 2. The molecule has 1 unspecified atom stereocenters. The second-order valence-electron chi connectivity index (χ2n) is 7.55. The molecule has 31 heavy (non-hydrogen) atoms. The van der Waals surface area contributed by atoms with Gasteiger partial charge in [0.15, 0.2) is 11.5 Å². The van der Waals surface area contributed by atoms with Crippen molar-refractivity contribution < 1.29 is 4.39 Å². The van der Waals surface area contributed by atoms with Crippen molar-refractivity contribution in [3.05, 3.63) is 71.7 Å². The molecule has 5 aromatic rings. The molecular weight excluding hydrogens is 393 g/mol. The minimum atomic E-state index is -0.311. The minimum absolute atomic E-state index is 0.267. The van der Waals surface area contributed by atoms with Gasteiger partial charge in [0, 0.05) is 5.56 Å². The first-order valence-corrected chi connectivity index (χ1v) is 9.95. The Morgan fingerprint density at radius 2 is 1.87 bits per heavy atom. The van der Waals surface area contributed by atoms with E-state index in [1.54, 1.807) is 12.4 Å². The Hall–Kier alpha value is -3.94. The fourth-order valence-corrected chi connectivity index (χ4v) is 3.73. The number of aryl methyl sites for hydroxylation is 2. The number of aromatic nitrogens is 6. The van der Waals surface area contributed by atoms with Gasteiger partial charge in [-0.2, -0.15) is 0 Å². The fraction of sp³-hybridized carbons (Fsp3) is 0.174. The Labute approximate surface area is 177 Å². The number of anilines is 1. The van der Waals surface area contributed by atoms with Crippen LogP contribution >= 0.6 is 0 Å². The van der Waals surface area contributed by atoms with Crippen LogP contribution in [0.5, 0.6) is 0 Å². The standard InChI is InChI=1S/C23H20FN7/c1-12-7-8-15(24)9-16(12)20-19(30-17-6-4-5-13(2)18(17)31-20)14(3)29-23-21-22(26-10-25-21)27-11-28-23/h4-11,14H,1-3H3,(H2,25,26,27,28,29). The van der Waals surface area contributed by atoms with Crippen LogP contribution in [0.15, 0.2) is 49.1 Å². The van der Waals surface area contributed by atoms with Crippen LogP contribution in [0.1, 0.15) is 29.8 Å². The first-order chi connectivity index (χ1) is 15.0. The second-order valence-corrected chi connectivity index (χ2v) is 7.55. The number of nitrogens with zero attached hydrogens (tertiary/aromatic N) is 5. The number of rotatable bonds is 4. The molecule has 0 saturated heterocycles. The summed E-state index contributed by atoms with van der Waals surface area (Å²) in [5.74, 6) is 0.303. The normalized spacial score (nSPS) is 12.4. The minimum Gasteiger partial charge on any atom is -0.360 e. The summed E-state index contributed by atoms with van der Waals surface area (Å²) < 4.78 is 14.2. The molecule has 2 N–H and O–H groups in total. The van der Waals surface area contributed by atoms with Crippen molar-refractivity contribution in [1.29, 1.82) is 0 Å². The molecule has 7 nitrogen and oxygen atoms in total. The van der Waals surface area contributed by atoms with Gasteiger partial charge >= 0.3 is 0 Å². The summed E-state index contributed by atoms with van der Waals surface area (Å²) in [5, 5.41) is 3.39. The lowest BCUT2D eigenvalue weighted by Gasteiger charge is -2.19. The smallest absolute Gasteiger partial charge is 0.182 e. The summed E-state index contributed by atoms with van der Waals surface area (Å²) in [5.41, 5.74) is 6.89. The number of H-pyrrole nitrogens is 1. The largest absolute Gasteiger partial charge is 0.360 e. The Morgan fingerprint density at radius 3 is 2.74 bits per heavy atom. The highest BCUT2D eigenvalue weighted by atomic mass is 19.1. The van der Waals surface area contributed by atoms with E-state index in [4.69, 9.17) is 9.97 Å². The average Bonchev–Trinajstić information content (AvgIpc) is 3.25. The molecule has 2 aromatic carbocycles. The monoisotopic (exact) mass is 413 g/mol. The Morgan fingerprint density at radius 1 is 1.00 bits per heavy atom. The van der Waals surface area contributed by atoms with Crippen molar-refractivity contribution >= 4 is 28.0 Å².